The normalized spacial score (nSPS) is 21.3. The molecule has 0 bridgehead atoms. The summed E-state index contributed by atoms with van der Waals surface area (Å²) in [6.45, 7) is 0.604. The third kappa shape index (κ3) is 4.81. The lowest BCUT2D eigenvalue weighted by Crippen LogP contribution is -2.27. The zero-order valence-corrected chi connectivity index (χ0v) is 15.1. The van der Waals surface area contributed by atoms with Crippen LogP contribution >= 0.6 is 0 Å². The molecular weight excluding hydrogens is 328 g/mol. The number of unbranched alkanes of at least 4 members (excludes halogenated alkanes) is 2. The van der Waals surface area contributed by atoms with Crippen molar-refractivity contribution in [1.29, 1.82) is 0 Å². The van der Waals surface area contributed by atoms with Crippen LogP contribution in [0.25, 0.3) is 0 Å². The van der Waals surface area contributed by atoms with Crippen molar-refractivity contribution in [3.8, 4) is 0 Å². The van der Waals surface area contributed by atoms with E-state index in [1.807, 2.05) is 0 Å². The number of hydrogen-bond acceptors (Lipinski definition) is 4. The van der Waals surface area contributed by atoms with Crippen LogP contribution in [0.3, 0.4) is 0 Å². The molecule has 2 aliphatic rings. The number of amides is 1. The number of nitrogens with one attached hydrogen (secondary N) is 2. The predicted molar refractivity (Wildman–Crippen MR) is 100 cm³/mol. The maximum Gasteiger partial charge on any atom is 0.243 e. The van der Waals surface area contributed by atoms with E-state index in [2.05, 4.69) is 48.0 Å². The molecule has 1 aromatic carbocycles. The molecule has 3 N–H and O–H groups in total. The molecule has 5 nitrogen and oxygen atoms in total. The van der Waals surface area contributed by atoms with Crippen molar-refractivity contribution in [3.05, 3.63) is 59.2 Å². The molecule has 0 heterocycles. The molecule has 0 radical (unpaired) electrons. The summed E-state index contributed by atoms with van der Waals surface area (Å²) in [5, 5.41) is 8.47. The number of allylic oxidation sites excluding steroid dienone is 3. The molecule has 0 saturated carbocycles. The Hall–Kier alpha value is -1.95. The Morgan fingerprint density at radius 1 is 1.23 bits per heavy atom. The summed E-state index contributed by atoms with van der Waals surface area (Å²) in [5.41, 5.74) is 9.10. The molecule has 0 aromatic heterocycles. The summed E-state index contributed by atoms with van der Waals surface area (Å²) in [7, 11) is 0. The monoisotopic (exact) mass is 356 g/mol. The Bertz CT molecular complexity index is 669. The van der Waals surface area contributed by atoms with Crippen LogP contribution < -0.4 is 11.0 Å². The third-order valence-electron chi connectivity index (χ3n) is 5.25. The number of fused-ring (bicyclic) bond motifs is 2. The first-order valence-corrected chi connectivity index (χ1v) is 9.54. The molecule has 0 fully saturated rings. The van der Waals surface area contributed by atoms with Crippen molar-refractivity contribution in [2.45, 2.75) is 51.0 Å². The van der Waals surface area contributed by atoms with Crippen molar-refractivity contribution in [2.75, 3.05) is 6.61 Å². The van der Waals surface area contributed by atoms with Crippen LogP contribution in [0.5, 0.6) is 0 Å². The van der Waals surface area contributed by atoms with Crippen LogP contribution in [0.1, 0.15) is 55.7 Å². The van der Waals surface area contributed by atoms with Gasteiger partial charge in [-0.25, -0.2) is 5.48 Å². The molecule has 2 atom stereocenters. The van der Waals surface area contributed by atoms with Gasteiger partial charge in [0.15, 0.2) is 0 Å². The fraction of sp³-hybridized carbons (Fsp3) is 0.476. The van der Waals surface area contributed by atoms with Gasteiger partial charge < -0.3 is 4.84 Å². The number of carbonyl (C=O) groups is 1. The van der Waals surface area contributed by atoms with Crippen molar-refractivity contribution in [1.82, 2.24) is 11.0 Å². The highest BCUT2D eigenvalue weighted by Crippen LogP contribution is 2.39. The van der Waals surface area contributed by atoms with Gasteiger partial charge in [0.05, 0.1) is 12.6 Å². The van der Waals surface area contributed by atoms with Crippen LogP contribution in [0.4, 0.5) is 0 Å². The van der Waals surface area contributed by atoms with Crippen molar-refractivity contribution in [2.24, 2.45) is 5.92 Å². The van der Waals surface area contributed by atoms with E-state index >= 15 is 0 Å². The van der Waals surface area contributed by atoms with Gasteiger partial charge in [0.1, 0.15) is 0 Å². The zero-order chi connectivity index (χ0) is 18.2. The molecule has 5 heteroatoms. The summed E-state index contributed by atoms with van der Waals surface area (Å²) >= 11 is 0. The second-order valence-corrected chi connectivity index (χ2v) is 7.01. The van der Waals surface area contributed by atoms with Crippen LogP contribution in [0.2, 0.25) is 0 Å². The maximum absolute atomic E-state index is 11.0. The van der Waals surface area contributed by atoms with Crippen LogP contribution in [-0.2, 0) is 16.1 Å². The number of hydroxylamine groups is 2. The Kier molecular flexibility index (Phi) is 7.00. The van der Waals surface area contributed by atoms with Gasteiger partial charge in [-0.15, -0.1) is 0 Å². The fourth-order valence-corrected chi connectivity index (χ4v) is 3.83. The van der Waals surface area contributed by atoms with E-state index in [1.165, 1.54) is 23.1 Å². The van der Waals surface area contributed by atoms with Crippen LogP contribution in [0.15, 0.2) is 48.1 Å². The highest BCUT2D eigenvalue weighted by atomic mass is 16.6. The van der Waals surface area contributed by atoms with Crippen molar-refractivity contribution < 1.29 is 14.8 Å². The molecule has 1 aromatic rings. The first-order valence-electron chi connectivity index (χ1n) is 9.54. The van der Waals surface area contributed by atoms with Crippen LogP contribution in [0, 0.1) is 5.92 Å². The molecule has 0 saturated heterocycles. The van der Waals surface area contributed by atoms with E-state index in [0.717, 1.165) is 32.1 Å². The number of benzene rings is 1. The molecule has 26 heavy (non-hydrogen) atoms. The number of rotatable bonds is 8. The van der Waals surface area contributed by atoms with E-state index in [9.17, 15) is 4.79 Å². The van der Waals surface area contributed by atoms with E-state index in [4.69, 9.17) is 10.0 Å². The minimum atomic E-state index is -0.331. The lowest BCUT2D eigenvalue weighted by molar-refractivity contribution is -0.129. The van der Waals surface area contributed by atoms with E-state index in [1.54, 1.807) is 5.48 Å². The Morgan fingerprint density at radius 3 is 3.00 bits per heavy atom. The molecule has 140 valence electrons. The Morgan fingerprint density at radius 2 is 2.12 bits per heavy atom. The van der Waals surface area contributed by atoms with Gasteiger partial charge in [0, 0.05) is 6.42 Å². The van der Waals surface area contributed by atoms with Crippen molar-refractivity contribution in [3.63, 3.8) is 0 Å². The summed E-state index contributed by atoms with van der Waals surface area (Å²) in [4.78, 5) is 16.8. The van der Waals surface area contributed by atoms with Gasteiger partial charge in [0.2, 0.25) is 5.91 Å². The fourth-order valence-electron chi connectivity index (χ4n) is 3.83. The maximum atomic E-state index is 11.0. The highest BCUT2D eigenvalue weighted by molar-refractivity contribution is 5.74. The smallest absolute Gasteiger partial charge is 0.243 e. The van der Waals surface area contributed by atoms with Gasteiger partial charge in [-0.1, -0.05) is 48.9 Å². The molecule has 1 amide bonds. The molecule has 0 aliphatic heterocycles. The molecule has 2 unspecified atom stereocenters. The van der Waals surface area contributed by atoms with E-state index in [0.29, 0.717) is 18.9 Å². The average molecular weight is 356 g/mol. The Balaban J connectivity index is 1.55. The number of carbonyl (C=O) groups excluding carboxylic acids is 1. The topological polar surface area (TPSA) is 70.6 Å². The first kappa shape index (κ1) is 18.8. The largest absolute Gasteiger partial charge is 0.301 e. The lowest BCUT2D eigenvalue weighted by Gasteiger charge is -2.27. The quantitative estimate of drug-likeness (QED) is 0.377. The molecule has 0 spiro atoms. The summed E-state index contributed by atoms with van der Waals surface area (Å²) in [6.07, 6.45) is 12.9. The summed E-state index contributed by atoms with van der Waals surface area (Å²) < 4.78 is 0. The minimum Gasteiger partial charge on any atom is -0.301 e. The third-order valence-corrected chi connectivity index (χ3v) is 5.25. The predicted octanol–water partition coefficient (Wildman–Crippen LogP) is 3.76. The van der Waals surface area contributed by atoms with Gasteiger partial charge in [-0.2, -0.15) is 5.48 Å². The molecule has 3 rings (SSSR count). The second-order valence-electron chi connectivity index (χ2n) is 7.01. The number of aryl methyl sites for hydroxylation is 1. The zero-order valence-electron chi connectivity index (χ0n) is 15.1. The Labute approximate surface area is 155 Å². The summed E-state index contributed by atoms with van der Waals surface area (Å²) in [6, 6.07) is 8.73. The second kappa shape index (κ2) is 9.67. The van der Waals surface area contributed by atoms with Gasteiger partial charge >= 0.3 is 0 Å². The molecular formula is C21H28N2O3. The van der Waals surface area contributed by atoms with Crippen LogP contribution in [-0.4, -0.2) is 17.7 Å². The summed E-state index contributed by atoms with van der Waals surface area (Å²) in [5.74, 6) is 0.243. The van der Waals surface area contributed by atoms with Crippen molar-refractivity contribution >= 4 is 5.91 Å². The van der Waals surface area contributed by atoms with E-state index in [-0.39, 0.29) is 11.9 Å². The van der Waals surface area contributed by atoms with Gasteiger partial charge in [-0.05, 0) is 54.7 Å². The van der Waals surface area contributed by atoms with Gasteiger partial charge in [0.25, 0.3) is 0 Å². The van der Waals surface area contributed by atoms with Gasteiger partial charge in [-0.3, -0.25) is 10.0 Å². The number of hydrogen-bond donors (Lipinski definition) is 3. The average Bonchev–Trinajstić information content (AvgIpc) is 2.84. The SMILES string of the molecule is O=C(CCCCCONC1C2=CC=CCC2CCc2ccccc21)NO. The molecule has 2 aliphatic carbocycles. The van der Waals surface area contributed by atoms with E-state index < -0.39 is 0 Å². The minimum absolute atomic E-state index is 0.101. The first-order chi connectivity index (χ1) is 12.8. The standard InChI is InChI=1S/C21H28N2O3/c24-20(22-25)12-2-1-7-15-26-23-21-18-10-5-3-8-16(18)13-14-17-9-4-6-11-19(17)21/h3-6,8,10-11,17,21,23,25H,1-2,7,9,12-15H2,(H,22,24). The lowest BCUT2D eigenvalue weighted by atomic mass is 9.84. The highest BCUT2D eigenvalue weighted by Gasteiger charge is 2.29.